The topological polar surface area (TPSA) is 107 Å². The minimum atomic E-state index is -0.768. The number of anilines is 2. The van der Waals surface area contributed by atoms with Crippen LogP contribution in [-0.2, 0) is 25.6 Å². The van der Waals surface area contributed by atoms with Crippen LogP contribution in [0.2, 0.25) is 0 Å². The third-order valence-corrected chi connectivity index (χ3v) is 5.85. The molecule has 3 aromatic rings. The minimum Gasteiger partial charge on any atom is -0.491 e. The van der Waals surface area contributed by atoms with Gasteiger partial charge in [0.15, 0.2) is 0 Å². The summed E-state index contributed by atoms with van der Waals surface area (Å²) >= 11 is 0. The predicted molar refractivity (Wildman–Crippen MR) is 133 cm³/mol. The average molecular weight is 481 g/mol. The van der Waals surface area contributed by atoms with Crippen LogP contribution < -0.4 is 20.9 Å². The van der Waals surface area contributed by atoms with Crippen molar-refractivity contribution in [2.24, 2.45) is 0 Å². The van der Waals surface area contributed by atoms with Crippen molar-refractivity contribution in [3.63, 3.8) is 0 Å². The Labute approximate surface area is 205 Å². The second-order valence-electron chi connectivity index (χ2n) is 8.27. The van der Waals surface area contributed by atoms with Crippen molar-refractivity contribution in [3.05, 3.63) is 84.4 Å². The van der Waals surface area contributed by atoms with Crippen LogP contribution in [-0.4, -0.2) is 51.5 Å². The van der Waals surface area contributed by atoms with Gasteiger partial charge in [0.2, 0.25) is 6.29 Å². The molecule has 8 heteroatoms. The lowest BCUT2D eigenvalue weighted by Crippen LogP contribution is -2.62. The first-order valence-corrected chi connectivity index (χ1v) is 11.4. The molecule has 0 unspecified atom stereocenters. The van der Waals surface area contributed by atoms with Crippen LogP contribution in [0.1, 0.15) is 5.56 Å². The summed E-state index contributed by atoms with van der Waals surface area (Å²) in [6.07, 6.45) is -2.78. The zero-order valence-corrected chi connectivity index (χ0v) is 19.9. The maximum absolute atomic E-state index is 6.36. The van der Waals surface area contributed by atoms with Crippen LogP contribution in [0.25, 0.3) is 0 Å². The van der Waals surface area contributed by atoms with Gasteiger partial charge in [0.1, 0.15) is 42.5 Å². The normalized spacial score (nSPS) is 24.1. The summed E-state index contributed by atoms with van der Waals surface area (Å²) in [6.45, 7) is 0.594. The van der Waals surface area contributed by atoms with Gasteiger partial charge in [-0.3, -0.25) is 0 Å². The highest BCUT2D eigenvalue weighted by molar-refractivity contribution is 5.42. The molecule has 35 heavy (non-hydrogen) atoms. The molecule has 0 bridgehead atoms. The Morgan fingerprint density at radius 3 is 1.91 bits per heavy atom. The lowest BCUT2D eigenvalue weighted by molar-refractivity contribution is -0.295. The average Bonchev–Trinajstić information content (AvgIpc) is 2.88. The number of rotatable bonds is 10. The molecule has 4 rings (SSSR count). The third-order valence-electron chi connectivity index (χ3n) is 5.85. The number of methoxy groups -OCH3 is 2. The van der Waals surface area contributed by atoms with Gasteiger partial charge in [-0.2, -0.15) is 0 Å². The molecular formula is C27H32N2O6. The van der Waals surface area contributed by atoms with E-state index in [1.807, 2.05) is 42.5 Å². The van der Waals surface area contributed by atoms with Gasteiger partial charge in [-0.05, 0) is 54.1 Å². The summed E-state index contributed by atoms with van der Waals surface area (Å²) in [7, 11) is 3.22. The highest BCUT2D eigenvalue weighted by Gasteiger charge is 2.49. The van der Waals surface area contributed by atoms with E-state index in [1.54, 1.807) is 50.6 Å². The van der Waals surface area contributed by atoms with Crippen LogP contribution in [0.4, 0.5) is 11.4 Å². The summed E-state index contributed by atoms with van der Waals surface area (Å²) in [5, 5.41) is 0. The summed E-state index contributed by atoms with van der Waals surface area (Å²) in [4.78, 5) is 0. The third kappa shape index (κ3) is 6.43. The second kappa shape index (κ2) is 11.9. The van der Waals surface area contributed by atoms with Gasteiger partial charge >= 0.3 is 0 Å². The molecule has 0 aromatic heterocycles. The zero-order valence-electron chi connectivity index (χ0n) is 19.9. The summed E-state index contributed by atoms with van der Waals surface area (Å²) in [5.74, 6) is 1.27. The van der Waals surface area contributed by atoms with Gasteiger partial charge in [-0.1, -0.05) is 30.3 Å². The Balaban J connectivity index is 1.55. The van der Waals surface area contributed by atoms with E-state index >= 15 is 0 Å². The van der Waals surface area contributed by atoms with Crippen LogP contribution in [0.3, 0.4) is 0 Å². The van der Waals surface area contributed by atoms with E-state index in [4.69, 9.17) is 39.9 Å². The fourth-order valence-electron chi connectivity index (χ4n) is 4.02. The quantitative estimate of drug-likeness (QED) is 0.424. The number of ether oxygens (including phenoxy) is 6. The predicted octanol–water partition coefficient (Wildman–Crippen LogP) is 3.65. The van der Waals surface area contributed by atoms with Crippen LogP contribution >= 0.6 is 0 Å². The molecule has 8 nitrogen and oxygen atoms in total. The van der Waals surface area contributed by atoms with Crippen molar-refractivity contribution in [2.45, 2.75) is 37.3 Å². The Hall–Kier alpha value is -3.30. The summed E-state index contributed by atoms with van der Waals surface area (Å²) < 4.78 is 36.5. The van der Waals surface area contributed by atoms with E-state index < -0.39 is 30.7 Å². The van der Waals surface area contributed by atoms with Crippen LogP contribution in [0.15, 0.2) is 78.9 Å². The maximum atomic E-state index is 6.36. The number of benzene rings is 3. The molecule has 1 aliphatic heterocycles. The van der Waals surface area contributed by atoms with E-state index in [1.165, 1.54) is 0 Å². The van der Waals surface area contributed by atoms with Gasteiger partial charge in [0, 0.05) is 25.6 Å². The molecule has 1 saturated heterocycles. The lowest BCUT2D eigenvalue weighted by Gasteiger charge is -2.44. The first-order valence-electron chi connectivity index (χ1n) is 11.4. The van der Waals surface area contributed by atoms with Gasteiger partial charge in [-0.25, -0.2) is 0 Å². The Morgan fingerprint density at radius 1 is 0.714 bits per heavy atom. The maximum Gasteiger partial charge on any atom is 0.229 e. The molecule has 0 saturated carbocycles. The SMILES string of the molecule is CO[C@@H]1[C@H](OCc2ccccc2)[C@@H](OC)[C@@H](Oc2ccc(N)cc2)O[C@@H]1COc1ccc(N)cc1. The van der Waals surface area contributed by atoms with Crippen molar-refractivity contribution >= 4 is 11.4 Å². The summed E-state index contributed by atoms with van der Waals surface area (Å²) in [5.41, 5.74) is 13.9. The number of nitrogen functional groups attached to an aromatic ring is 2. The zero-order chi connectivity index (χ0) is 24.6. The molecule has 1 aliphatic rings. The first kappa shape index (κ1) is 24.8. The van der Waals surface area contributed by atoms with Gasteiger partial charge in [0.25, 0.3) is 0 Å². The Morgan fingerprint density at radius 2 is 1.31 bits per heavy atom. The van der Waals surface area contributed by atoms with Crippen LogP contribution in [0.5, 0.6) is 11.5 Å². The molecule has 5 atom stereocenters. The highest BCUT2D eigenvalue weighted by Crippen LogP contribution is 2.31. The lowest BCUT2D eigenvalue weighted by atomic mass is 9.98. The van der Waals surface area contributed by atoms with Gasteiger partial charge in [0.05, 0.1) is 6.61 Å². The molecule has 0 aliphatic carbocycles. The van der Waals surface area contributed by atoms with Gasteiger partial charge < -0.3 is 39.9 Å². The number of hydrogen-bond acceptors (Lipinski definition) is 8. The molecule has 1 fully saturated rings. The van der Waals surface area contributed by atoms with Crippen molar-refractivity contribution in [2.75, 3.05) is 32.3 Å². The van der Waals surface area contributed by atoms with Crippen molar-refractivity contribution < 1.29 is 28.4 Å². The molecule has 0 amide bonds. The molecule has 3 aromatic carbocycles. The molecule has 1 heterocycles. The highest BCUT2D eigenvalue weighted by atomic mass is 16.7. The molecule has 4 N–H and O–H groups in total. The Kier molecular flexibility index (Phi) is 8.44. The van der Waals surface area contributed by atoms with Crippen molar-refractivity contribution in [1.82, 2.24) is 0 Å². The van der Waals surface area contributed by atoms with Crippen molar-refractivity contribution in [1.29, 1.82) is 0 Å². The van der Waals surface area contributed by atoms with E-state index in [-0.39, 0.29) is 6.61 Å². The van der Waals surface area contributed by atoms with E-state index in [9.17, 15) is 0 Å². The van der Waals surface area contributed by atoms with E-state index in [2.05, 4.69) is 0 Å². The second-order valence-corrected chi connectivity index (χ2v) is 8.27. The fraction of sp³-hybridized carbons (Fsp3) is 0.333. The first-order chi connectivity index (χ1) is 17.1. The van der Waals surface area contributed by atoms with Gasteiger partial charge in [-0.15, -0.1) is 0 Å². The van der Waals surface area contributed by atoms with Crippen molar-refractivity contribution in [3.8, 4) is 11.5 Å². The standard InChI is InChI=1S/C27H32N2O6/c1-30-24-23(17-32-21-12-8-19(28)9-13-21)35-27(34-22-14-10-20(29)11-15-22)26(31-2)25(24)33-16-18-6-4-3-5-7-18/h3-15,23-27H,16-17,28-29H2,1-2H3/t23-,24+,25+,26-,27+/m1/s1. The largest absolute Gasteiger partial charge is 0.491 e. The molecule has 0 spiro atoms. The van der Waals surface area contributed by atoms with E-state index in [0.29, 0.717) is 29.5 Å². The monoisotopic (exact) mass is 480 g/mol. The number of hydrogen-bond donors (Lipinski definition) is 2. The molecule has 0 radical (unpaired) electrons. The number of nitrogens with two attached hydrogens (primary N) is 2. The molecular weight excluding hydrogens is 448 g/mol. The minimum absolute atomic E-state index is 0.214. The molecule has 186 valence electrons. The summed E-state index contributed by atoms with van der Waals surface area (Å²) in [6, 6.07) is 24.2. The fourth-order valence-corrected chi connectivity index (χ4v) is 4.02. The van der Waals surface area contributed by atoms with Crippen LogP contribution in [0, 0.1) is 0 Å². The smallest absolute Gasteiger partial charge is 0.229 e. The Bertz CT molecular complexity index is 1030. The van der Waals surface area contributed by atoms with E-state index in [0.717, 1.165) is 5.56 Å².